The molecule has 1 aromatic rings. The molecule has 2 unspecified atom stereocenters. The maximum atomic E-state index is 12.1. The Hall–Kier alpha value is -1.78. The molecule has 1 fully saturated rings. The molecule has 0 spiro atoms. The summed E-state index contributed by atoms with van der Waals surface area (Å²) in [4.78, 5) is 23.3. The number of nitrogens with one attached hydrogen (secondary N) is 1. The number of carbonyl (C=O) groups excluding carboxylic acids is 1. The zero-order valence-corrected chi connectivity index (χ0v) is 11.1. The van der Waals surface area contributed by atoms with Crippen molar-refractivity contribution in [3.8, 4) is 0 Å². The van der Waals surface area contributed by atoms with Crippen LogP contribution in [0.1, 0.15) is 31.4 Å². The van der Waals surface area contributed by atoms with Crippen molar-refractivity contribution in [2.24, 2.45) is 18.9 Å². The molecule has 1 saturated carbocycles. The summed E-state index contributed by atoms with van der Waals surface area (Å²) in [7, 11) is 1.92. The summed E-state index contributed by atoms with van der Waals surface area (Å²) >= 11 is 0. The fourth-order valence-electron chi connectivity index (χ4n) is 2.73. The van der Waals surface area contributed by atoms with E-state index in [0.717, 1.165) is 18.5 Å². The van der Waals surface area contributed by atoms with Crippen molar-refractivity contribution < 1.29 is 14.7 Å². The molecule has 1 amide bonds. The number of aliphatic carboxylic acids is 1. The fourth-order valence-corrected chi connectivity index (χ4v) is 2.73. The number of hydrogen-bond donors (Lipinski definition) is 2. The number of carboxylic acids is 1. The number of aryl methyl sites for hydroxylation is 1. The smallest absolute Gasteiger partial charge is 0.307 e. The minimum atomic E-state index is -0.848. The largest absolute Gasteiger partial charge is 0.481 e. The van der Waals surface area contributed by atoms with Crippen LogP contribution in [0.2, 0.25) is 0 Å². The second-order valence-corrected chi connectivity index (χ2v) is 5.16. The van der Waals surface area contributed by atoms with Crippen LogP contribution in [0.25, 0.3) is 0 Å². The fraction of sp³-hybridized carbons (Fsp3) is 0.571. The molecule has 0 aromatic carbocycles. The van der Waals surface area contributed by atoms with Gasteiger partial charge in [0, 0.05) is 18.9 Å². The highest BCUT2D eigenvalue weighted by Crippen LogP contribution is 2.30. The Kier molecular flexibility index (Phi) is 4.24. The van der Waals surface area contributed by atoms with E-state index in [0.29, 0.717) is 19.4 Å². The van der Waals surface area contributed by atoms with E-state index in [2.05, 4.69) is 5.32 Å². The molecular formula is C14H20N2O3. The van der Waals surface area contributed by atoms with Crippen molar-refractivity contribution in [2.45, 2.75) is 32.2 Å². The Morgan fingerprint density at radius 2 is 2.05 bits per heavy atom. The number of aromatic nitrogens is 1. The SMILES string of the molecule is Cn1cccc1CNC(=O)C1CCCCC1C(=O)O. The molecule has 0 radical (unpaired) electrons. The van der Waals surface area contributed by atoms with Crippen LogP contribution in [0.5, 0.6) is 0 Å². The summed E-state index contributed by atoms with van der Waals surface area (Å²) in [6, 6.07) is 3.86. The lowest BCUT2D eigenvalue weighted by Gasteiger charge is -2.27. The molecular weight excluding hydrogens is 244 g/mol. The van der Waals surface area contributed by atoms with Crippen LogP contribution in [0, 0.1) is 11.8 Å². The van der Waals surface area contributed by atoms with Gasteiger partial charge in [0.15, 0.2) is 0 Å². The van der Waals surface area contributed by atoms with E-state index in [4.69, 9.17) is 5.11 Å². The van der Waals surface area contributed by atoms with Crippen molar-refractivity contribution in [2.75, 3.05) is 0 Å². The third kappa shape index (κ3) is 3.16. The zero-order chi connectivity index (χ0) is 13.8. The topological polar surface area (TPSA) is 71.3 Å². The lowest BCUT2D eigenvalue weighted by molar-refractivity contribution is -0.148. The number of nitrogens with zero attached hydrogens (tertiary/aromatic N) is 1. The van der Waals surface area contributed by atoms with E-state index in [1.54, 1.807) is 0 Å². The summed E-state index contributed by atoms with van der Waals surface area (Å²) in [5, 5.41) is 12.0. The molecule has 1 aliphatic carbocycles. The van der Waals surface area contributed by atoms with Gasteiger partial charge < -0.3 is 15.0 Å². The molecule has 0 bridgehead atoms. The number of carboxylic acid groups (broad SMARTS) is 1. The van der Waals surface area contributed by atoms with Crippen molar-refractivity contribution in [1.29, 1.82) is 0 Å². The molecule has 0 aliphatic heterocycles. The minimum Gasteiger partial charge on any atom is -0.481 e. The molecule has 2 N–H and O–H groups in total. The van der Waals surface area contributed by atoms with E-state index in [9.17, 15) is 9.59 Å². The van der Waals surface area contributed by atoms with Gasteiger partial charge in [0.2, 0.25) is 5.91 Å². The molecule has 1 aromatic heterocycles. The molecule has 5 nitrogen and oxygen atoms in total. The van der Waals surface area contributed by atoms with Gasteiger partial charge in [0.25, 0.3) is 0 Å². The first kappa shape index (κ1) is 13.6. The molecule has 5 heteroatoms. The van der Waals surface area contributed by atoms with Gasteiger partial charge in [0.05, 0.1) is 18.4 Å². The highest BCUT2D eigenvalue weighted by atomic mass is 16.4. The lowest BCUT2D eigenvalue weighted by atomic mass is 9.79. The standard InChI is InChI=1S/C14H20N2O3/c1-16-8-4-5-10(16)9-15-13(17)11-6-2-3-7-12(11)14(18)19/h4-5,8,11-12H,2-3,6-7,9H2,1H3,(H,15,17)(H,18,19). The van der Waals surface area contributed by atoms with Gasteiger partial charge >= 0.3 is 5.97 Å². The maximum Gasteiger partial charge on any atom is 0.307 e. The molecule has 1 heterocycles. The average molecular weight is 264 g/mol. The Bertz CT molecular complexity index is 467. The molecule has 1 aliphatic rings. The second kappa shape index (κ2) is 5.91. The number of amides is 1. The third-order valence-corrected chi connectivity index (χ3v) is 3.91. The summed E-state index contributed by atoms with van der Waals surface area (Å²) in [5.41, 5.74) is 1.01. The van der Waals surface area contributed by atoms with Crippen molar-refractivity contribution in [3.05, 3.63) is 24.0 Å². The van der Waals surface area contributed by atoms with Gasteiger partial charge in [-0.3, -0.25) is 9.59 Å². The Morgan fingerprint density at radius 3 is 2.63 bits per heavy atom. The molecule has 2 rings (SSSR count). The first-order valence-corrected chi connectivity index (χ1v) is 6.70. The van der Waals surface area contributed by atoms with Crippen LogP contribution < -0.4 is 5.32 Å². The third-order valence-electron chi connectivity index (χ3n) is 3.91. The van der Waals surface area contributed by atoms with Crippen molar-refractivity contribution in [1.82, 2.24) is 9.88 Å². The Labute approximate surface area is 112 Å². The average Bonchev–Trinajstić information content (AvgIpc) is 2.81. The highest BCUT2D eigenvalue weighted by molar-refractivity contribution is 5.84. The minimum absolute atomic E-state index is 0.131. The molecule has 2 atom stereocenters. The highest BCUT2D eigenvalue weighted by Gasteiger charge is 2.35. The van der Waals surface area contributed by atoms with E-state index in [1.165, 1.54) is 0 Å². The predicted octanol–water partition coefficient (Wildman–Crippen LogP) is 1.53. The Balaban J connectivity index is 1.94. The second-order valence-electron chi connectivity index (χ2n) is 5.16. The van der Waals surface area contributed by atoms with Crippen molar-refractivity contribution >= 4 is 11.9 Å². The van der Waals surface area contributed by atoms with Gasteiger partial charge in [-0.1, -0.05) is 12.8 Å². The van der Waals surface area contributed by atoms with Gasteiger partial charge in [-0.15, -0.1) is 0 Å². The molecule has 19 heavy (non-hydrogen) atoms. The van der Waals surface area contributed by atoms with E-state index < -0.39 is 11.9 Å². The van der Waals surface area contributed by atoms with Crippen LogP contribution in [-0.2, 0) is 23.2 Å². The van der Waals surface area contributed by atoms with Gasteiger partial charge in [0.1, 0.15) is 0 Å². The van der Waals surface area contributed by atoms with Gasteiger partial charge in [-0.05, 0) is 25.0 Å². The summed E-state index contributed by atoms with van der Waals surface area (Å²) in [5.74, 6) is -1.89. The van der Waals surface area contributed by atoms with Crippen LogP contribution in [-0.4, -0.2) is 21.6 Å². The van der Waals surface area contributed by atoms with E-state index in [-0.39, 0.29) is 11.8 Å². The van der Waals surface area contributed by atoms with Crippen LogP contribution in [0.4, 0.5) is 0 Å². The van der Waals surface area contributed by atoms with Crippen LogP contribution >= 0.6 is 0 Å². The van der Waals surface area contributed by atoms with E-state index in [1.807, 2.05) is 29.9 Å². The predicted molar refractivity (Wildman–Crippen MR) is 70.3 cm³/mol. The molecule has 0 saturated heterocycles. The normalized spacial score (nSPS) is 23.0. The maximum absolute atomic E-state index is 12.1. The quantitative estimate of drug-likeness (QED) is 0.866. The first-order chi connectivity index (χ1) is 9.09. The first-order valence-electron chi connectivity index (χ1n) is 6.70. The zero-order valence-electron chi connectivity index (χ0n) is 11.1. The number of rotatable bonds is 4. The number of hydrogen-bond acceptors (Lipinski definition) is 2. The van der Waals surface area contributed by atoms with E-state index >= 15 is 0 Å². The van der Waals surface area contributed by atoms with Gasteiger partial charge in [-0.2, -0.15) is 0 Å². The number of carbonyl (C=O) groups is 2. The summed E-state index contributed by atoms with van der Waals surface area (Å²) in [6.45, 7) is 0.450. The summed E-state index contributed by atoms with van der Waals surface area (Å²) < 4.78 is 1.94. The Morgan fingerprint density at radius 1 is 1.37 bits per heavy atom. The van der Waals surface area contributed by atoms with Crippen LogP contribution in [0.3, 0.4) is 0 Å². The molecule has 104 valence electrons. The summed E-state index contributed by atoms with van der Waals surface area (Å²) in [6.07, 6.45) is 5.04. The van der Waals surface area contributed by atoms with Crippen LogP contribution in [0.15, 0.2) is 18.3 Å². The monoisotopic (exact) mass is 264 g/mol. The lowest BCUT2D eigenvalue weighted by Crippen LogP contribution is -2.39. The van der Waals surface area contributed by atoms with Crippen molar-refractivity contribution in [3.63, 3.8) is 0 Å². The van der Waals surface area contributed by atoms with Gasteiger partial charge in [-0.25, -0.2) is 0 Å².